The first-order valence-corrected chi connectivity index (χ1v) is 8.28. The van der Waals surface area contributed by atoms with Gasteiger partial charge in [-0.25, -0.2) is 13.1 Å². The minimum Gasteiger partial charge on any atom is -0.381 e. The lowest BCUT2D eigenvalue weighted by molar-refractivity contribution is 0.186. The van der Waals surface area contributed by atoms with E-state index < -0.39 is 10.0 Å². The first kappa shape index (κ1) is 14.0. The summed E-state index contributed by atoms with van der Waals surface area (Å²) in [5.41, 5.74) is 5.45. The Labute approximate surface area is 111 Å². The molecule has 0 aliphatic carbocycles. The number of hydrogen-bond donors (Lipinski definition) is 2. The topological polar surface area (TPSA) is 81.4 Å². The standard InChI is InChI=1S/C11H18N2O3S2/c12-5-3-10-1-2-11(17-10)18(14,15)13-7-9-4-6-16-8-9/h1-2,9,13H,3-8,12H2. The molecule has 1 fully saturated rings. The van der Waals surface area contributed by atoms with Crippen LogP contribution in [0.3, 0.4) is 0 Å². The van der Waals surface area contributed by atoms with E-state index in [1.54, 1.807) is 6.07 Å². The second-order valence-corrected chi connectivity index (χ2v) is 7.50. The van der Waals surface area contributed by atoms with Crippen molar-refractivity contribution in [2.45, 2.75) is 17.1 Å². The van der Waals surface area contributed by atoms with Crippen LogP contribution in [0.4, 0.5) is 0 Å². The quantitative estimate of drug-likeness (QED) is 0.802. The highest BCUT2D eigenvalue weighted by Crippen LogP contribution is 2.22. The van der Waals surface area contributed by atoms with Crippen LogP contribution in [-0.2, 0) is 21.2 Å². The molecule has 0 radical (unpaired) electrons. The molecule has 0 aromatic carbocycles. The molecule has 2 rings (SSSR count). The van der Waals surface area contributed by atoms with Crippen molar-refractivity contribution in [1.29, 1.82) is 0 Å². The van der Waals surface area contributed by atoms with Gasteiger partial charge in [0.25, 0.3) is 0 Å². The van der Waals surface area contributed by atoms with E-state index in [2.05, 4.69) is 4.72 Å². The number of hydrogen-bond acceptors (Lipinski definition) is 5. The van der Waals surface area contributed by atoms with Gasteiger partial charge in [-0.15, -0.1) is 11.3 Å². The summed E-state index contributed by atoms with van der Waals surface area (Å²) in [6.07, 6.45) is 1.64. The second-order valence-electron chi connectivity index (χ2n) is 4.34. The summed E-state index contributed by atoms with van der Waals surface area (Å²) < 4.78 is 32.3. The van der Waals surface area contributed by atoms with Crippen molar-refractivity contribution in [2.75, 3.05) is 26.3 Å². The van der Waals surface area contributed by atoms with Gasteiger partial charge in [0.2, 0.25) is 10.0 Å². The van der Waals surface area contributed by atoms with E-state index >= 15 is 0 Å². The molecule has 5 nitrogen and oxygen atoms in total. The summed E-state index contributed by atoms with van der Waals surface area (Å²) >= 11 is 1.29. The largest absolute Gasteiger partial charge is 0.381 e. The average molecular weight is 290 g/mol. The molecule has 1 unspecified atom stereocenters. The lowest BCUT2D eigenvalue weighted by Gasteiger charge is -2.08. The third-order valence-electron chi connectivity index (χ3n) is 2.88. The predicted octanol–water partition coefficient (Wildman–Crippen LogP) is 0.564. The van der Waals surface area contributed by atoms with Crippen LogP contribution < -0.4 is 10.5 Å². The lowest BCUT2D eigenvalue weighted by atomic mass is 10.1. The molecule has 0 amide bonds. The van der Waals surface area contributed by atoms with E-state index in [9.17, 15) is 8.42 Å². The maximum atomic E-state index is 12.0. The number of sulfonamides is 1. The highest BCUT2D eigenvalue weighted by Gasteiger charge is 2.21. The summed E-state index contributed by atoms with van der Waals surface area (Å²) in [4.78, 5) is 1.00. The lowest BCUT2D eigenvalue weighted by Crippen LogP contribution is -2.29. The maximum absolute atomic E-state index is 12.0. The fourth-order valence-electron chi connectivity index (χ4n) is 1.82. The van der Waals surface area contributed by atoms with Crippen LogP contribution in [0.25, 0.3) is 0 Å². The van der Waals surface area contributed by atoms with E-state index in [1.165, 1.54) is 11.3 Å². The molecule has 1 aromatic rings. The molecule has 1 aliphatic rings. The van der Waals surface area contributed by atoms with E-state index in [0.29, 0.717) is 29.8 Å². The third kappa shape index (κ3) is 3.52. The van der Waals surface area contributed by atoms with Gasteiger partial charge in [-0.05, 0) is 37.4 Å². The summed E-state index contributed by atoms with van der Waals surface area (Å²) in [5.74, 6) is 0.295. The zero-order valence-corrected chi connectivity index (χ0v) is 11.7. The molecule has 7 heteroatoms. The summed E-state index contributed by atoms with van der Waals surface area (Å²) in [7, 11) is -3.37. The van der Waals surface area contributed by atoms with Crippen molar-refractivity contribution in [3.63, 3.8) is 0 Å². The molecule has 18 heavy (non-hydrogen) atoms. The highest BCUT2D eigenvalue weighted by molar-refractivity contribution is 7.91. The fourth-order valence-corrected chi connectivity index (χ4v) is 4.35. The number of nitrogens with one attached hydrogen (secondary N) is 1. The zero-order chi connectivity index (χ0) is 13.0. The summed E-state index contributed by atoms with van der Waals surface area (Å²) in [6, 6.07) is 3.47. The smallest absolute Gasteiger partial charge is 0.250 e. The summed E-state index contributed by atoms with van der Waals surface area (Å²) in [6.45, 7) is 2.36. The highest BCUT2D eigenvalue weighted by atomic mass is 32.2. The van der Waals surface area contributed by atoms with Crippen LogP contribution in [0.1, 0.15) is 11.3 Å². The van der Waals surface area contributed by atoms with Crippen molar-refractivity contribution in [3.8, 4) is 0 Å². The Balaban J connectivity index is 1.95. The Morgan fingerprint density at radius 3 is 3.00 bits per heavy atom. The van der Waals surface area contributed by atoms with Gasteiger partial charge in [-0.1, -0.05) is 0 Å². The van der Waals surface area contributed by atoms with E-state index in [0.717, 1.165) is 24.3 Å². The van der Waals surface area contributed by atoms with Gasteiger partial charge in [-0.2, -0.15) is 0 Å². The van der Waals surface area contributed by atoms with Crippen LogP contribution in [-0.4, -0.2) is 34.7 Å². The van der Waals surface area contributed by atoms with Crippen molar-refractivity contribution in [2.24, 2.45) is 11.7 Å². The van der Waals surface area contributed by atoms with Crippen LogP contribution in [0.5, 0.6) is 0 Å². The second kappa shape index (κ2) is 6.12. The minimum absolute atomic E-state index is 0.295. The average Bonchev–Trinajstić information content (AvgIpc) is 2.98. The van der Waals surface area contributed by atoms with Gasteiger partial charge in [0, 0.05) is 18.0 Å². The first-order chi connectivity index (χ1) is 8.62. The van der Waals surface area contributed by atoms with Gasteiger partial charge in [0.1, 0.15) is 4.21 Å². The number of rotatable bonds is 6. The zero-order valence-electron chi connectivity index (χ0n) is 10.1. The Hall–Kier alpha value is -0.470. The number of nitrogens with two attached hydrogens (primary N) is 1. The normalized spacial score (nSPS) is 20.4. The maximum Gasteiger partial charge on any atom is 0.250 e. The van der Waals surface area contributed by atoms with Crippen molar-refractivity contribution < 1.29 is 13.2 Å². The molecule has 2 heterocycles. The minimum atomic E-state index is -3.37. The Bertz CT molecular complexity index is 478. The molecule has 1 atom stereocenters. The summed E-state index contributed by atoms with van der Waals surface area (Å²) in [5, 5.41) is 0. The molecule has 0 saturated carbocycles. The molecular weight excluding hydrogens is 272 g/mol. The molecule has 1 saturated heterocycles. The van der Waals surface area contributed by atoms with Crippen molar-refractivity contribution in [1.82, 2.24) is 4.72 Å². The van der Waals surface area contributed by atoms with E-state index in [4.69, 9.17) is 10.5 Å². The number of ether oxygens (including phenoxy) is 1. The van der Waals surface area contributed by atoms with Crippen LogP contribution >= 0.6 is 11.3 Å². The molecule has 1 aromatic heterocycles. The Morgan fingerprint density at radius 1 is 1.50 bits per heavy atom. The fraction of sp³-hybridized carbons (Fsp3) is 0.636. The van der Waals surface area contributed by atoms with Gasteiger partial charge >= 0.3 is 0 Å². The van der Waals surface area contributed by atoms with Crippen molar-refractivity contribution in [3.05, 3.63) is 17.0 Å². The number of thiophene rings is 1. The van der Waals surface area contributed by atoms with Crippen LogP contribution in [0, 0.1) is 5.92 Å². The van der Waals surface area contributed by atoms with Crippen LogP contribution in [0.2, 0.25) is 0 Å². The molecular formula is C11H18N2O3S2. The molecule has 1 aliphatic heterocycles. The molecule has 0 bridgehead atoms. The predicted molar refractivity (Wildman–Crippen MR) is 71.2 cm³/mol. The van der Waals surface area contributed by atoms with Gasteiger partial charge < -0.3 is 10.5 Å². The van der Waals surface area contributed by atoms with Gasteiger partial charge in [0.05, 0.1) is 6.61 Å². The third-order valence-corrected chi connectivity index (χ3v) is 5.94. The first-order valence-electron chi connectivity index (χ1n) is 5.98. The van der Waals surface area contributed by atoms with Crippen molar-refractivity contribution >= 4 is 21.4 Å². The van der Waals surface area contributed by atoms with Gasteiger partial charge in [0.15, 0.2) is 0 Å². The Kier molecular flexibility index (Phi) is 4.74. The van der Waals surface area contributed by atoms with E-state index in [-0.39, 0.29) is 0 Å². The Morgan fingerprint density at radius 2 is 2.33 bits per heavy atom. The van der Waals surface area contributed by atoms with E-state index in [1.807, 2.05) is 6.07 Å². The monoisotopic (exact) mass is 290 g/mol. The van der Waals surface area contributed by atoms with Gasteiger partial charge in [-0.3, -0.25) is 0 Å². The van der Waals surface area contributed by atoms with Crippen LogP contribution in [0.15, 0.2) is 16.3 Å². The molecule has 3 N–H and O–H groups in total. The molecule has 102 valence electrons. The molecule has 0 spiro atoms. The SMILES string of the molecule is NCCc1ccc(S(=O)(=O)NCC2CCOC2)s1.